The number of nitrogens with one attached hydrogen (secondary N) is 1. The van der Waals surface area contributed by atoms with E-state index in [2.05, 4.69) is 14.9 Å². The monoisotopic (exact) mass is 393 g/mol. The van der Waals surface area contributed by atoms with Crippen LogP contribution in [0.1, 0.15) is 16.2 Å². The summed E-state index contributed by atoms with van der Waals surface area (Å²) in [6, 6.07) is 15.0. The van der Waals surface area contributed by atoms with E-state index in [9.17, 15) is 4.79 Å². The smallest absolute Gasteiger partial charge is 0.255 e. The highest BCUT2D eigenvalue weighted by Crippen LogP contribution is 2.24. The minimum absolute atomic E-state index is 0.126. The minimum atomic E-state index is -0.179. The Bertz CT molecular complexity index is 998. The maximum absolute atomic E-state index is 12.5. The van der Waals surface area contributed by atoms with Gasteiger partial charge in [-0.05, 0) is 36.4 Å². The summed E-state index contributed by atoms with van der Waals surface area (Å²) in [4.78, 5) is 17.1. The first kappa shape index (κ1) is 19.0. The first-order valence-electron chi connectivity index (χ1n) is 9.41. The van der Waals surface area contributed by atoms with Crippen molar-refractivity contribution in [2.75, 3.05) is 20.8 Å². The van der Waals surface area contributed by atoms with Gasteiger partial charge in [0.2, 0.25) is 0 Å². The molecule has 1 aliphatic heterocycles. The average molecular weight is 393 g/mol. The van der Waals surface area contributed by atoms with E-state index in [-0.39, 0.29) is 12.0 Å². The first-order chi connectivity index (χ1) is 14.2. The van der Waals surface area contributed by atoms with Crippen molar-refractivity contribution in [1.29, 1.82) is 0 Å². The first-order valence-corrected chi connectivity index (χ1v) is 9.41. The zero-order valence-corrected chi connectivity index (χ0v) is 16.4. The van der Waals surface area contributed by atoms with Gasteiger partial charge in [0, 0.05) is 18.3 Å². The summed E-state index contributed by atoms with van der Waals surface area (Å²) in [5, 5.41) is 2.93. The number of aromatic nitrogens is 2. The molecule has 29 heavy (non-hydrogen) atoms. The molecular weight excluding hydrogens is 370 g/mol. The average Bonchev–Trinajstić information content (AvgIpc) is 3.21. The molecule has 150 valence electrons. The Morgan fingerprint density at radius 2 is 1.97 bits per heavy atom. The maximum Gasteiger partial charge on any atom is 0.255 e. The number of amides is 1. The van der Waals surface area contributed by atoms with E-state index < -0.39 is 0 Å². The van der Waals surface area contributed by atoms with Crippen LogP contribution in [0.3, 0.4) is 0 Å². The molecule has 0 saturated carbocycles. The highest BCUT2D eigenvalue weighted by Gasteiger charge is 2.22. The molecular formula is C22H23N3O4. The molecule has 0 radical (unpaired) electrons. The zero-order chi connectivity index (χ0) is 20.2. The summed E-state index contributed by atoms with van der Waals surface area (Å²) in [5.74, 6) is 2.06. The number of fused-ring (bicyclic) bond motifs is 1. The highest BCUT2D eigenvalue weighted by molar-refractivity contribution is 5.96. The second-order valence-electron chi connectivity index (χ2n) is 6.77. The Hall–Kier alpha value is -3.32. The SMILES string of the molecule is COc1ccc(-c2cn3c(n2)CO[C@@H](CNC(=O)c2ccccc2OC)C3)cc1. The van der Waals surface area contributed by atoms with Crippen molar-refractivity contribution in [3.63, 3.8) is 0 Å². The van der Waals surface area contributed by atoms with Crippen molar-refractivity contribution in [2.24, 2.45) is 0 Å². The third-order valence-corrected chi connectivity index (χ3v) is 4.94. The fraction of sp³-hybridized carbons (Fsp3) is 0.273. The molecule has 7 heteroatoms. The highest BCUT2D eigenvalue weighted by atomic mass is 16.5. The van der Waals surface area contributed by atoms with Crippen molar-refractivity contribution in [3.8, 4) is 22.8 Å². The van der Waals surface area contributed by atoms with E-state index in [0.29, 0.717) is 31.0 Å². The molecule has 0 saturated heterocycles. The van der Waals surface area contributed by atoms with Crippen molar-refractivity contribution < 1.29 is 19.0 Å². The van der Waals surface area contributed by atoms with Gasteiger partial charge in [-0.25, -0.2) is 4.98 Å². The standard InChI is InChI=1S/C22H23N3O4/c1-27-16-9-7-15(8-10-16)19-13-25-12-17(29-14-21(25)24-19)11-23-22(26)18-5-3-4-6-20(18)28-2/h3-10,13,17H,11-12,14H2,1-2H3,(H,23,26)/t17-/m0/s1. The van der Waals surface area contributed by atoms with Crippen LogP contribution in [0.4, 0.5) is 0 Å². The number of nitrogens with zero attached hydrogens (tertiary/aromatic N) is 2. The van der Waals surface area contributed by atoms with Crippen LogP contribution >= 0.6 is 0 Å². The van der Waals surface area contributed by atoms with E-state index in [1.54, 1.807) is 26.4 Å². The number of hydrogen-bond acceptors (Lipinski definition) is 5. The van der Waals surface area contributed by atoms with Gasteiger partial charge in [0.1, 0.15) is 23.9 Å². The predicted octanol–water partition coefficient (Wildman–Crippen LogP) is 2.90. The van der Waals surface area contributed by atoms with E-state index in [0.717, 1.165) is 22.8 Å². The van der Waals surface area contributed by atoms with Gasteiger partial charge in [-0.3, -0.25) is 4.79 Å². The normalized spacial score (nSPS) is 15.4. The number of ether oxygens (including phenoxy) is 3. The lowest BCUT2D eigenvalue weighted by Crippen LogP contribution is -2.38. The summed E-state index contributed by atoms with van der Waals surface area (Å²) in [6.45, 7) is 1.45. The Labute approximate surface area is 169 Å². The van der Waals surface area contributed by atoms with Crippen molar-refractivity contribution in [2.45, 2.75) is 19.3 Å². The molecule has 7 nitrogen and oxygen atoms in total. The summed E-state index contributed by atoms with van der Waals surface area (Å²) >= 11 is 0. The molecule has 0 aliphatic carbocycles. The zero-order valence-electron chi connectivity index (χ0n) is 16.4. The summed E-state index contributed by atoms with van der Waals surface area (Å²) in [6.07, 6.45) is 1.90. The van der Waals surface area contributed by atoms with E-state index in [1.165, 1.54) is 0 Å². The molecule has 0 unspecified atom stereocenters. The Morgan fingerprint density at radius 3 is 2.72 bits per heavy atom. The molecule has 4 rings (SSSR count). The van der Waals surface area contributed by atoms with Crippen LogP contribution in [0.5, 0.6) is 11.5 Å². The lowest BCUT2D eigenvalue weighted by molar-refractivity contribution is 0.00326. The molecule has 0 spiro atoms. The van der Waals surface area contributed by atoms with Crippen molar-refractivity contribution in [3.05, 3.63) is 66.1 Å². The van der Waals surface area contributed by atoms with Gasteiger partial charge in [0.05, 0.1) is 38.1 Å². The van der Waals surface area contributed by atoms with Crippen LogP contribution < -0.4 is 14.8 Å². The molecule has 1 atom stereocenters. The van der Waals surface area contributed by atoms with Gasteiger partial charge in [-0.15, -0.1) is 0 Å². The summed E-state index contributed by atoms with van der Waals surface area (Å²) in [7, 11) is 3.20. The van der Waals surface area contributed by atoms with Gasteiger partial charge in [0.15, 0.2) is 0 Å². The quantitative estimate of drug-likeness (QED) is 0.697. The van der Waals surface area contributed by atoms with Gasteiger partial charge in [0.25, 0.3) is 5.91 Å². The third-order valence-electron chi connectivity index (χ3n) is 4.94. The van der Waals surface area contributed by atoms with E-state index >= 15 is 0 Å². The Kier molecular flexibility index (Phi) is 5.48. The number of carbonyl (C=O) groups excluding carboxylic acids is 1. The topological polar surface area (TPSA) is 74.6 Å². The largest absolute Gasteiger partial charge is 0.497 e. The lowest BCUT2D eigenvalue weighted by Gasteiger charge is -2.24. The van der Waals surface area contributed by atoms with Gasteiger partial charge in [-0.2, -0.15) is 0 Å². The molecule has 1 aromatic heterocycles. The summed E-state index contributed by atoms with van der Waals surface area (Å²) in [5.41, 5.74) is 2.43. The lowest BCUT2D eigenvalue weighted by atomic mass is 10.1. The summed E-state index contributed by atoms with van der Waals surface area (Å²) < 4.78 is 18.4. The van der Waals surface area contributed by atoms with Crippen LogP contribution in [-0.2, 0) is 17.9 Å². The molecule has 2 aromatic carbocycles. The number of carbonyl (C=O) groups is 1. The molecule has 1 N–H and O–H groups in total. The second-order valence-corrected chi connectivity index (χ2v) is 6.77. The van der Waals surface area contributed by atoms with Crippen LogP contribution in [0.25, 0.3) is 11.3 Å². The maximum atomic E-state index is 12.5. The number of rotatable bonds is 6. The molecule has 3 aromatic rings. The Morgan fingerprint density at radius 1 is 1.17 bits per heavy atom. The number of methoxy groups -OCH3 is 2. The third kappa shape index (κ3) is 4.09. The minimum Gasteiger partial charge on any atom is -0.497 e. The van der Waals surface area contributed by atoms with Gasteiger partial charge in [-0.1, -0.05) is 12.1 Å². The predicted molar refractivity (Wildman–Crippen MR) is 108 cm³/mol. The molecule has 0 fully saturated rings. The molecule has 2 heterocycles. The number of hydrogen-bond donors (Lipinski definition) is 1. The number of imidazole rings is 1. The number of para-hydroxylation sites is 1. The van der Waals surface area contributed by atoms with Crippen LogP contribution in [-0.4, -0.2) is 42.3 Å². The van der Waals surface area contributed by atoms with Crippen LogP contribution in [0.2, 0.25) is 0 Å². The number of benzene rings is 2. The van der Waals surface area contributed by atoms with Crippen molar-refractivity contribution in [1.82, 2.24) is 14.9 Å². The molecule has 0 bridgehead atoms. The van der Waals surface area contributed by atoms with Gasteiger partial charge < -0.3 is 24.1 Å². The van der Waals surface area contributed by atoms with E-state index in [4.69, 9.17) is 14.2 Å². The van der Waals surface area contributed by atoms with Crippen molar-refractivity contribution >= 4 is 5.91 Å². The fourth-order valence-electron chi connectivity index (χ4n) is 3.35. The van der Waals surface area contributed by atoms with Crippen LogP contribution in [0, 0.1) is 0 Å². The van der Waals surface area contributed by atoms with Gasteiger partial charge >= 0.3 is 0 Å². The molecule has 1 amide bonds. The molecule has 1 aliphatic rings. The van der Waals surface area contributed by atoms with Crippen LogP contribution in [0.15, 0.2) is 54.7 Å². The Balaban J connectivity index is 1.40. The van der Waals surface area contributed by atoms with E-state index in [1.807, 2.05) is 42.6 Å². The second kappa shape index (κ2) is 8.36. The fourth-order valence-corrected chi connectivity index (χ4v) is 3.35.